The van der Waals surface area contributed by atoms with Crippen LogP contribution in [0.15, 0.2) is 30.3 Å². The average molecular weight is 177 g/mol. The molecule has 2 aromatic rings. The van der Waals surface area contributed by atoms with Crippen LogP contribution >= 0.6 is 0 Å². The second-order valence-electron chi connectivity index (χ2n) is 2.85. The van der Waals surface area contributed by atoms with Gasteiger partial charge >= 0.3 is 0 Å². The summed E-state index contributed by atoms with van der Waals surface area (Å²) in [6.45, 7) is 0. The van der Waals surface area contributed by atoms with E-state index in [1.165, 1.54) is 0 Å². The summed E-state index contributed by atoms with van der Waals surface area (Å²) in [5.74, 6) is 0. The van der Waals surface area contributed by atoms with Crippen LogP contribution in [-0.4, -0.2) is 0 Å². The minimum Gasteiger partial charge on any atom is -0.192 e. The third kappa shape index (κ3) is 1.11. The van der Waals surface area contributed by atoms with Crippen molar-refractivity contribution in [3.63, 3.8) is 0 Å². The van der Waals surface area contributed by atoms with Gasteiger partial charge in [0.25, 0.3) is 0 Å². The third-order valence-corrected chi connectivity index (χ3v) is 2.07. The zero-order valence-electron chi connectivity index (χ0n) is 7.28. The molecular formula is C12H5N2. The zero-order chi connectivity index (χ0) is 9.97. The van der Waals surface area contributed by atoms with E-state index in [0.29, 0.717) is 11.1 Å². The molecule has 0 amide bonds. The van der Waals surface area contributed by atoms with Gasteiger partial charge in [0.05, 0.1) is 11.1 Å². The lowest BCUT2D eigenvalue weighted by Gasteiger charge is -1.99. The number of hydrogen-bond acceptors (Lipinski definition) is 2. The Morgan fingerprint density at radius 3 is 2.57 bits per heavy atom. The van der Waals surface area contributed by atoms with Gasteiger partial charge in [-0.2, -0.15) is 10.5 Å². The summed E-state index contributed by atoms with van der Waals surface area (Å²) in [6, 6.07) is 16.0. The molecular weight excluding hydrogens is 172 g/mol. The molecule has 0 aliphatic heterocycles. The van der Waals surface area contributed by atoms with Crippen LogP contribution in [0.3, 0.4) is 0 Å². The molecule has 2 nitrogen and oxygen atoms in total. The largest absolute Gasteiger partial charge is 0.192 e. The van der Waals surface area contributed by atoms with Crippen LogP contribution < -0.4 is 0 Å². The number of rotatable bonds is 0. The van der Waals surface area contributed by atoms with Crippen LogP contribution in [0.2, 0.25) is 0 Å². The van der Waals surface area contributed by atoms with Gasteiger partial charge in [0.1, 0.15) is 12.1 Å². The van der Waals surface area contributed by atoms with Crippen molar-refractivity contribution in [1.82, 2.24) is 0 Å². The topological polar surface area (TPSA) is 47.6 Å². The van der Waals surface area contributed by atoms with Gasteiger partial charge in [-0.25, -0.2) is 0 Å². The van der Waals surface area contributed by atoms with Gasteiger partial charge in [0.2, 0.25) is 0 Å². The minimum atomic E-state index is 0.381. The van der Waals surface area contributed by atoms with Crippen molar-refractivity contribution < 1.29 is 0 Å². The summed E-state index contributed by atoms with van der Waals surface area (Å²) in [5.41, 5.74) is 0.813. The molecule has 2 heteroatoms. The number of benzene rings is 2. The first-order valence-corrected chi connectivity index (χ1v) is 4.10. The molecule has 0 saturated heterocycles. The maximum atomic E-state index is 8.93. The highest BCUT2D eigenvalue weighted by atomic mass is 14.3. The van der Waals surface area contributed by atoms with Crippen molar-refractivity contribution >= 4 is 10.8 Å². The molecule has 0 fully saturated rings. The van der Waals surface area contributed by atoms with Crippen molar-refractivity contribution in [2.24, 2.45) is 0 Å². The first kappa shape index (κ1) is 8.29. The lowest BCUT2D eigenvalue weighted by atomic mass is 10.0. The van der Waals surface area contributed by atoms with Gasteiger partial charge in [-0.1, -0.05) is 24.3 Å². The Bertz CT molecular complexity index is 571. The SMILES string of the molecule is N#Cc1c[c]c2ccccc2c1C#N. The number of nitrogens with zero attached hydrogens (tertiary/aromatic N) is 2. The van der Waals surface area contributed by atoms with Crippen molar-refractivity contribution in [3.8, 4) is 12.1 Å². The molecule has 0 aliphatic rings. The fourth-order valence-corrected chi connectivity index (χ4v) is 1.40. The summed E-state index contributed by atoms with van der Waals surface area (Å²) in [5, 5.41) is 19.4. The number of hydrogen-bond donors (Lipinski definition) is 0. The Labute approximate surface area is 81.6 Å². The van der Waals surface area contributed by atoms with E-state index in [4.69, 9.17) is 10.5 Å². The second-order valence-corrected chi connectivity index (χ2v) is 2.85. The first-order valence-electron chi connectivity index (χ1n) is 4.10. The van der Waals surface area contributed by atoms with Gasteiger partial charge in [0.15, 0.2) is 0 Å². The maximum Gasteiger partial charge on any atom is 0.101 e. The molecule has 0 bridgehead atoms. The molecule has 2 rings (SSSR count). The molecule has 0 spiro atoms. The molecule has 0 atom stereocenters. The van der Waals surface area contributed by atoms with E-state index in [-0.39, 0.29) is 0 Å². The van der Waals surface area contributed by atoms with Gasteiger partial charge in [-0.05, 0) is 17.5 Å². The highest BCUT2D eigenvalue weighted by Gasteiger charge is 2.05. The Morgan fingerprint density at radius 1 is 1.07 bits per heavy atom. The molecule has 0 N–H and O–H groups in total. The van der Waals surface area contributed by atoms with E-state index in [9.17, 15) is 0 Å². The Morgan fingerprint density at radius 2 is 1.86 bits per heavy atom. The minimum absolute atomic E-state index is 0.381. The van der Waals surface area contributed by atoms with Crippen LogP contribution in [-0.2, 0) is 0 Å². The molecule has 2 aromatic carbocycles. The Balaban J connectivity index is 2.94. The molecule has 1 radical (unpaired) electrons. The Kier molecular flexibility index (Phi) is 1.89. The van der Waals surface area contributed by atoms with E-state index in [1.54, 1.807) is 6.07 Å². The number of fused-ring (bicyclic) bond motifs is 1. The Hall–Kier alpha value is -2.32. The van der Waals surface area contributed by atoms with Gasteiger partial charge in [-0.3, -0.25) is 0 Å². The fraction of sp³-hybridized carbons (Fsp3) is 0. The molecule has 14 heavy (non-hydrogen) atoms. The molecule has 63 valence electrons. The van der Waals surface area contributed by atoms with Crippen molar-refractivity contribution in [1.29, 1.82) is 10.5 Å². The smallest absolute Gasteiger partial charge is 0.101 e. The normalized spacial score (nSPS) is 9.29. The van der Waals surface area contributed by atoms with Crippen LogP contribution in [0.25, 0.3) is 10.8 Å². The van der Waals surface area contributed by atoms with E-state index in [0.717, 1.165) is 10.8 Å². The van der Waals surface area contributed by atoms with Crippen molar-refractivity contribution in [2.75, 3.05) is 0 Å². The van der Waals surface area contributed by atoms with Gasteiger partial charge in [0, 0.05) is 5.39 Å². The lowest BCUT2D eigenvalue weighted by molar-refractivity contribution is 1.45. The van der Waals surface area contributed by atoms with Crippen LogP contribution in [0.5, 0.6) is 0 Å². The number of nitriles is 2. The van der Waals surface area contributed by atoms with Crippen molar-refractivity contribution in [3.05, 3.63) is 47.5 Å². The van der Waals surface area contributed by atoms with E-state index in [1.807, 2.05) is 36.4 Å². The van der Waals surface area contributed by atoms with Crippen LogP contribution in [0, 0.1) is 28.7 Å². The predicted octanol–water partition coefficient (Wildman–Crippen LogP) is 2.38. The van der Waals surface area contributed by atoms with Crippen molar-refractivity contribution in [2.45, 2.75) is 0 Å². The standard InChI is InChI=1S/C12H5N2/c13-7-10-6-5-9-3-1-2-4-11(9)12(10)8-14/h1-4,6H. The predicted molar refractivity (Wildman–Crippen MR) is 52.2 cm³/mol. The quantitative estimate of drug-likeness (QED) is 0.620. The summed E-state index contributed by atoms with van der Waals surface area (Å²) < 4.78 is 0. The molecule has 0 unspecified atom stereocenters. The summed E-state index contributed by atoms with van der Waals surface area (Å²) in [7, 11) is 0. The van der Waals surface area contributed by atoms with Crippen LogP contribution in [0.1, 0.15) is 11.1 Å². The summed E-state index contributed by atoms with van der Waals surface area (Å²) in [4.78, 5) is 0. The van der Waals surface area contributed by atoms with Gasteiger partial charge in [-0.15, -0.1) is 0 Å². The molecule has 0 aromatic heterocycles. The second kappa shape index (κ2) is 3.20. The summed E-state index contributed by atoms with van der Waals surface area (Å²) >= 11 is 0. The average Bonchev–Trinajstić information content (AvgIpc) is 2.27. The highest BCUT2D eigenvalue weighted by Crippen LogP contribution is 2.20. The monoisotopic (exact) mass is 177 g/mol. The van der Waals surface area contributed by atoms with E-state index in [2.05, 4.69) is 6.07 Å². The van der Waals surface area contributed by atoms with E-state index >= 15 is 0 Å². The highest BCUT2D eigenvalue weighted by molar-refractivity contribution is 5.89. The summed E-state index contributed by atoms with van der Waals surface area (Å²) in [6.07, 6.45) is 0. The zero-order valence-corrected chi connectivity index (χ0v) is 7.28. The molecule has 0 aliphatic carbocycles. The molecule has 0 heterocycles. The molecule has 0 saturated carbocycles. The lowest BCUT2D eigenvalue weighted by Crippen LogP contribution is -1.85. The first-order chi connectivity index (χ1) is 6.86. The van der Waals surface area contributed by atoms with Gasteiger partial charge < -0.3 is 0 Å². The van der Waals surface area contributed by atoms with E-state index < -0.39 is 0 Å². The third-order valence-electron chi connectivity index (χ3n) is 2.07. The fourth-order valence-electron chi connectivity index (χ4n) is 1.40. The maximum absolute atomic E-state index is 8.93. The van der Waals surface area contributed by atoms with Crippen LogP contribution in [0.4, 0.5) is 0 Å².